The minimum absolute atomic E-state index is 0.153. The van der Waals surface area contributed by atoms with Crippen LogP contribution in [0.2, 0.25) is 0 Å². The highest BCUT2D eigenvalue weighted by molar-refractivity contribution is 7.84. The van der Waals surface area contributed by atoms with Crippen LogP contribution in [-0.4, -0.2) is 8.96 Å². The quantitative estimate of drug-likeness (QED) is 0.863. The lowest BCUT2D eigenvalue weighted by molar-refractivity contribution is 0.480. The Morgan fingerprint density at radius 3 is 2.11 bits per heavy atom. The third kappa shape index (κ3) is 5.45. The van der Waals surface area contributed by atoms with Gasteiger partial charge in [-0.25, -0.2) is 8.93 Å². The molecule has 0 spiro atoms. The van der Waals surface area contributed by atoms with Crippen LogP contribution in [0.5, 0.6) is 0 Å². The van der Waals surface area contributed by atoms with Gasteiger partial charge in [0.2, 0.25) is 0 Å². The van der Waals surface area contributed by atoms with E-state index in [1.807, 2.05) is 20.8 Å². The van der Waals surface area contributed by atoms with Crippen LogP contribution < -0.4 is 4.72 Å². The number of benzene rings is 1. The van der Waals surface area contributed by atoms with Crippen LogP contribution in [0.3, 0.4) is 0 Å². The molecule has 1 rings (SSSR count). The normalized spacial score (nSPS) is 15.5. The van der Waals surface area contributed by atoms with Crippen molar-refractivity contribution in [1.82, 2.24) is 4.72 Å². The van der Waals surface area contributed by atoms with Crippen LogP contribution in [0.25, 0.3) is 0 Å². The van der Waals surface area contributed by atoms with Crippen LogP contribution in [-0.2, 0) is 11.0 Å². The lowest BCUT2D eigenvalue weighted by atomic mass is 9.97. The van der Waals surface area contributed by atoms with E-state index >= 15 is 0 Å². The molecule has 2 unspecified atom stereocenters. The van der Waals surface area contributed by atoms with Gasteiger partial charge in [0.25, 0.3) is 0 Å². The summed E-state index contributed by atoms with van der Waals surface area (Å²) < 4.78 is 15.4. The molecule has 2 atom stereocenters. The molecule has 0 fully saturated rings. The molecule has 0 aliphatic carbocycles. The van der Waals surface area contributed by atoms with Gasteiger partial charge in [0.05, 0.1) is 15.7 Å². The smallest absolute Gasteiger partial charge is 0.0975 e. The van der Waals surface area contributed by atoms with Crippen molar-refractivity contribution in [2.24, 2.45) is 5.92 Å². The molecule has 0 saturated heterocycles. The van der Waals surface area contributed by atoms with Gasteiger partial charge in [-0.15, -0.1) is 0 Å². The Morgan fingerprint density at radius 1 is 1.16 bits per heavy atom. The highest BCUT2D eigenvalue weighted by atomic mass is 32.2. The first-order chi connectivity index (χ1) is 8.70. The summed E-state index contributed by atoms with van der Waals surface area (Å²) in [5, 5.41) is 0. The van der Waals surface area contributed by atoms with Crippen molar-refractivity contribution in [3.8, 4) is 0 Å². The largest absolute Gasteiger partial charge is 0.242 e. The average molecular weight is 281 g/mol. The summed E-state index contributed by atoms with van der Waals surface area (Å²) in [6.45, 7) is 12.5. The van der Waals surface area contributed by atoms with Gasteiger partial charge in [0.15, 0.2) is 0 Å². The van der Waals surface area contributed by atoms with E-state index in [0.717, 1.165) is 6.42 Å². The van der Waals surface area contributed by atoms with Crippen LogP contribution in [0.15, 0.2) is 24.3 Å². The highest BCUT2D eigenvalue weighted by Crippen LogP contribution is 2.24. The third-order valence-corrected chi connectivity index (χ3v) is 4.60. The van der Waals surface area contributed by atoms with E-state index in [-0.39, 0.29) is 10.8 Å². The summed E-state index contributed by atoms with van der Waals surface area (Å²) in [6, 6.07) is 8.65. The zero-order valence-corrected chi connectivity index (χ0v) is 13.8. The minimum Gasteiger partial charge on any atom is -0.242 e. The lowest BCUT2D eigenvalue weighted by Crippen LogP contribution is -2.36. The molecule has 1 N–H and O–H groups in total. The van der Waals surface area contributed by atoms with Gasteiger partial charge in [-0.05, 0) is 45.6 Å². The molecule has 0 aromatic heterocycles. The molecule has 0 aliphatic heterocycles. The first kappa shape index (κ1) is 16.4. The molecule has 0 aliphatic rings. The third-order valence-electron chi connectivity index (χ3n) is 2.99. The van der Waals surface area contributed by atoms with E-state index < -0.39 is 11.0 Å². The summed E-state index contributed by atoms with van der Waals surface area (Å²) in [4.78, 5) is 0. The molecule has 19 heavy (non-hydrogen) atoms. The lowest BCUT2D eigenvalue weighted by Gasteiger charge is -2.26. The monoisotopic (exact) mass is 281 g/mol. The molecule has 0 heterocycles. The maximum absolute atomic E-state index is 12.3. The van der Waals surface area contributed by atoms with Gasteiger partial charge in [0.1, 0.15) is 0 Å². The Kier molecular flexibility index (Phi) is 5.75. The molecular formula is C16H27NOS. The van der Waals surface area contributed by atoms with Gasteiger partial charge in [-0.2, -0.15) is 0 Å². The molecule has 108 valence electrons. The fourth-order valence-electron chi connectivity index (χ4n) is 1.83. The van der Waals surface area contributed by atoms with Crippen LogP contribution in [0, 0.1) is 12.8 Å². The molecule has 3 heteroatoms. The second-order valence-corrected chi connectivity index (χ2v) is 8.59. The number of aryl methyl sites for hydroxylation is 1. The van der Waals surface area contributed by atoms with E-state index in [2.05, 4.69) is 49.8 Å². The Morgan fingerprint density at radius 2 is 1.68 bits per heavy atom. The van der Waals surface area contributed by atoms with Gasteiger partial charge in [0, 0.05) is 6.04 Å². The Balaban J connectivity index is 2.89. The van der Waals surface area contributed by atoms with E-state index in [4.69, 9.17) is 0 Å². The molecule has 1 aromatic carbocycles. The number of hydrogen-bond acceptors (Lipinski definition) is 1. The van der Waals surface area contributed by atoms with Gasteiger partial charge < -0.3 is 0 Å². The zero-order valence-electron chi connectivity index (χ0n) is 13.0. The van der Waals surface area contributed by atoms with Crippen molar-refractivity contribution in [3.05, 3.63) is 35.4 Å². The average Bonchev–Trinajstić information content (AvgIpc) is 2.27. The second-order valence-electron chi connectivity index (χ2n) is 6.59. The predicted octanol–water partition coefficient (Wildman–Crippen LogP) is 4.13. The highest BCUT2D eigenvalue weighted by Gasteiger charge is 2.24. The Hall–Kier alpha value is -0.670. The Bertz CT molecular complexity index is 417. The maximum atomic E-state index is 12.3. The first-order valence-electron chi connectivity index (χ1n) is 6.94. The summed E-state index contributed by atoms with van der Waals surface area (Å²) in [5.74, 6) is 0.566. The van der Waals surface area contributed by atoms with Crippen LogP contribution in [0.1, 0.15) is 58.2 Å². The van der Waals surface area contributed by atoms with Crippen molar-refractivity contribution in [2.75, 3.05) is 0 Å². The summed E-state index contributed by atoms with van der Waals surface area (Å²) >= 11 is 0. The van der Waals surface area contributed by atoms with Crippen molar-refractivity contribution in [2.45, 2.75) is 58.8 Å². The molecule has 0 amide bonds. The van der Waals surface area contributed by atoms with E-state index in [0.29, 0.717) is 5.92 Å². The number of hydrogen-bond donors (Lipinski definition) is 1. The fourth-order valence-corrected chi connectivity index (χ4v) is 2.67. The van der Waals surface area contributed by atoms with Gasteiger partial charge in [-0.1, -0.05) is 43.7 Å². The van der Waals surface area contributed by atoms with Gasteiger partial charge >= 0.3 is 0 Å². The SMILES string of the molecule is Cc1ccc(C(CC(C)C)NS(=O)C(C)(C)C)cc1. The van der Waals surface area contributed by atoms with Crippen molar-refractivity contribution in [3.63, 3.8) is 0 Å². The minimum atomic E-state index is -1.04. The molecule has 0 radical (unpaired) electrons. The molecule has 1 aromatic rings. The van der Waals surface area contributed by atoms with Gasteiger partial charge in [-0.3, -0.25) is 0 Å². The summed E-state index contributed by atoms with van der Waals surface area (Å²) in [6.07, 6.45) is 0.991. The van der Waals surface area contributed by atoms with E-state index in [9.17, 15) is 4.21 Å². The van der Waals surface area contributed by atoms with Crippen LogP contribution >= 0.6 is 0 Å². The van der Waals surface area contributed by atoms with E-state index in [1.54, 1.807) is 0 Å². The fraction of sp³-hybridized carbons (Fsp3) is 0.625. The number of nitrogens with one attached hydrogen (secondary N) is 1. The molecule has 2 nitrogen and oxygen atoms in total. The van der Waals surface area contributed by atoms with Crippen LogP contribution in [0.4, 0.5) is 0 Å². The predicted molar refractivity (Wildman–Crippen MR) is 84.4 cm³/mol. The van der Waals surface area contributed by atoms with E-state index in [1.165, 1.54) is 11.1 Å². The zero-order chi connectivity index (χ0) is 14.6. The number of rotatable bonds is 5. The second kappa shape index (κ2) is 6.67. The first-order valence-corrected chi connectivity index (χ1v) is 8.09. The topological polar surface area (TPSA) is 29.1 Å². The van der Waals surface area contributed by atoms with Crippen molar-refractivity contribution in [1.29, 1.82) is 0 Å². The summed E-state index contributed by atoms with van der Waals surface area (Å²) in [7, 11) is -1.04. The molecule has 0 saturated carbocycles. The molecule has 0 bridgehead atoms. The Labute approximate surface area is 120 Å². The maximum Gasteiger partial charge on any atom is 0.0975 e. The standard InChI is InChI=1S/C16H27NOS/c1-12(2)11-15(17-19(18)16(4,5)6)14-9-7-13(3)8-10-14/h7-10,12,15,17H,11H2,1-6H3. The summed E-state index contributed by atoms with van der Waals surface area (Å²) in [5.41, 5.74) is 2.47. The van der Waals surface area contributed by atoms with Crippen molar-refractivity contribution < 1.29 is 4.21 Å². The van der Waals surface area contributed by atoms with Crippen molar-refractivity contribution >= 4 is 11.0 Å². The molecular weight excluding hydrogens is 254 g/mol.